The van der Waals surface area contributed by atoms with Gasteiger partial charge in [0.25, 0.3) is 0 Å². The Hall–Kier alpha value is -0.580. The van der Waals surface area contributed by atoms with Crippen molar-refractivity contribution in [2.45, 2.75) is 19.1 Å². The van der Waals surface area contributed by atoms with Gasteiger partial charge in [-0.15, -0.1) is 0 Å². The van der Waals surface area contributed by atoms with Gasteiger partial charge in [0, 0.05) is 12.0 Å². The summed E-state index contributed by atoms with van der Waals surface area (Å²) in [6, 6.07) is 5.90. The van der Waals surface area contributed by atoms with Crippen LogP contribution in [0.3, 0.4) is 0 Å². The number of ether oxygens (including phenoxy) is 3. The van der Waals surface area contributed by atoms with Gasteiger partial charge in [0.05, 0.1) is 24.8 Å². The predicted molar refractivity (Wildman–Crippen MR) is 64.6 cm³/mol. The average Bonchev–Trinajstić information content (AvgIpc) is 2.78. The van der Waals surface area contributed by atoms with Gasteiger partial charge in [-0.25, -0.2) is 0 Å². The van der Waals surface area contributed by atoms with Crippen LogP contribution in [0.2, 0.25) is 0 Å². The molecular formula is C12H15BrO3. The molecule has 1 aliphatic heterocycles. The van der Waals surface area contributed by atoms with E-state index >= 15 is 0 Å². The molecule has 0 bridgehead atoms. The summed E-state index contributed by atoms with van der Waals surface area (Å²) in [6.07, 6.45) is 0.797. The van der Waals surface area contributed by atoms with Crippen molar-refractivity contribution >= 4 is 15.9 Å². The molecule has 0 aliphatic carbocycles. The smallest absolute Gasteiger partial charge is 0.194 e. The zero-order chi connectivity index (χ0) is 11.6. The number of rotatable bonds is 3. The largest absolute Gasteiger partial charge is 0.496 e. The molecule has 0 atom stereocenters. The van der Waals surface area contributed by atoms with Crippen LogP contribution in [0.5, 0.6) is 5.75 Å². The number of methoxy groups -OCH3 is 1. The Kier molecular flexibility index (Phi) is 3.52. The molecule has 0 amide bonds. The molecule has 0 N–H and O–H groups in total. The van der Waals surface area contributed by atoms with Crippen molar-refractivity contribution in [2.75, 3.05) is 20.3 Å². The van der Waals surface area contributed by atoms with Crippen LogP contribution in [0.1, 0.15) is 18.9 Å². The van der Waals surface area contributed by atoms with Gasteiger partial charge in [0.15, 0.2) is 5.79 Å². The van der Waals surface area contributed by atoms with E-state index in [9.17, 15) is 0 Å². The van der Waals surface area contributed by atoms with Crippen LogP contribution < -0.4 is 4.74 Å². The van der Waals surface area contributed by atoms with Gasteiger partial charge in [-0.3, -0.25) is 0 Å². The van der Waals surface area contributed by atoms with E-state index in [-0.39, 0.29) is 0 Å². The van der Waals surface area contributed by atoms with Crippen molar-refractivity contribution in [2.24, 2.45) is 0 Å². The zero-order valence-electron chi connectivity index (χ0n) is 9.46. The standard InChI is InChI=1S/C12H15BrO3/c1-3-12(15-6-7-16-12)9-4-5-11(14-2)10(13)8-9/h4-5,8H,3,6-7H2,1-2H3. The molecule has 2 rings (SSSR count). The topological polar surface area (TPSA) is 27.7 Å². The molecule has 1 aromatic carbocycles. The van der Waals surface area contributed by atoms with Gasteiger partial charge in [-0.1, -0.05) is 6.92 Å². The van der Waals surface area contributed by atoms with Gasteiger partial charge >= 0.3 is 0 Å². The number of benzene rings is 1. The van der Waals surface area contributed by atoms with Crippen LogP contribution in [0, 0.1) is 0 Å². The van der Waals surface area contributed by atoms with E-state index in [4.69, 9.17) is 14.2 Å². The molecule has 88 valence electrons. The lowest BCUT2D eigenvalue weighted by atomic mass is 10.0. The molecule has 0 spiro atoms. The monoisotopic (exact) mass is 286 g/mol. The SMILES string of the molecule is CCC1(c2ccc(OC)c(Br)c2)OCCO1. The quantitative estimate of drug-likeness (QED) is 0.855. The van der Waals surface area contributed by atoms with E-state index in [0.29, 0.717) is 13.2 Å². The van der Waals surface area contributed by atoms with Gasteiger partial charge in [0.1, 0.15) is 5.75 Å². The van der Waals surface area contributed by atoms with Gasteiger partial charge in [-0.2, -0.15) is 0 Å². The average molecular weight is 287 g/mol. The second kappa shape index (κ2) is 4.73. The van der Waals surface area contributed by atoms with Crippen LogP contribution in [-0.2, 0) is 15.3 Å². The summed E-state index contributed by atoms with van der Waals surface area (Å²) in [4.78, 5) is 0. The Balaban J connectivity index is 2.36. The van der Waals surface area contributed by atoms with Crippen LogP contribution in [-0.4, -0.2) is 20.3 Å². The van der Waals surface area contributed by atoms with Gasteiger partial charge in [-0.05, 0) is 34.1 Å². The summed E-state index contributed by atoms with van der Waals surface area (Å²) in [5.74, 6) is 0.238. The van der Waals surface area contributed by atoms with Crippen LogP contribution in [0.15, 0.2) is 22.7 Å². The molecule has 1 aromatic rings. The summed E-state index contributed by atoms with van der Waals surface area (Å²) >= 11 is 3.47. The summed E-state index contributed by atoms with van der Waals surface area (Å²) < 4.78 is 17.6. The number of hydrogen-bond donors (Lipinski definition) is 0. The second-order valence-electron chi connectivity index (χ2n) is 3.65. The maximum atomic E-state index is 5.72. The molecule has 0 saturated carbocycles. The lowest BCUT2D eigenvalue weighted by molar-refractivity contribution is -0.167. The first kappa shape index (κ1) is 11.9. The second-order valence-corrected chi connectivity index (χ2v) is 4.51. The highest BCUT2D eigenvalue weighted by molar-refractivity contribution is 9.10. The fourth-order valence-corrected chi connectivity index (χ4v) is 2.47. The highest BCUT2D eigenvalue weighted by atomic mass is 79.9. The number of hydrogen-bond acceptors (Lipinski definition) is 3. The molecule has 1 aliphatic rings. The van der Waals surface area contributed by atoms with E-state index in [2.05, 4.69) is 22.9 Å². The Morgan fingerprint density at radius 2 is 2.06 bits per heavy atom. The lowest BCUT2D eigenvalue weighted by Gasteiger charge is -2.26. The third-order valence-corrected chi connectivity index (χ3v) is 3.43. The Morgan fingerprint density at radius 1 is 1.38 bits per heavy atom. The molecule has 0 aromatic heterocycles. The Bertz CT molecular complexity index is 373. The molecule has 4 heteroatoms. The van der Waals surface area contributed by atoms with Crippen molar-refractivity contribution < 1.29 is 14.2 Å². The predicted octanol–water partition coefficient (Wildman–Crippen LogP) is 3.07. The molecular weight excluding hydrogens is 272 g/mol. The summed E-state index contributed by atoms with van der Waals surface area (Å²) in [5.41, 5.74) is 1.03. The Labute approximate surface area is 104 Å². The molecule has 1 saturated heterocycles. The number of halogens is 1. The van der Waals surface area contributed by atoms with E-state index in [0.717, 1.165) is 22.2 Å². The van der Waals surface area contributed by atoms with E-state index in [1.165, 1.54) is 0 Å². The first-order valence-electron chi connectivity index (χ1n) is 5.34. The first-order valence-corrected chi connectivity index (χ1v) is 6.13. The van der Waals surface area contributed by atoms with Crippen LogP contribution in [0.4, 0.5) is 0 Å². The molecule has 0 radical (unpaired) electrons. The summed E-state index contributed by atoms with van der Waals surface area (Å²) in [6.45, 7) is 3.36. The van der Waals surface area contributed by atoms with E-state index in [1.807, 2.05) is 18.2 Å². The Morgan fingerprint density at radius 3 is 2.56 bits per heavy atom. The van der Waals surface area contributed by atoms with Crippen molar-refractivity contribution in [3.05, 3.63) is 28.2 Å². The highest BCUT2D eigenvalue weighted by Crippen LogP contribution is 2.37. The van der Waals surface area contributed by atoms with Crippen LogP contribution >= 0.6 is 15.9 Å². The third kappa shape index (κ3) is 1.97. The van der Waals surface area contributed by atoms with E-state index < -0.39 is 5.79 Å². The van der Waals surface area contributed by atoms with Crippen molar-refractivity contribution in [3.8, 4) is 5.75 Å². The zero-order valence-corrected chi connectivity index (χ0v) is 11.0. The van der Waals surface area contributed by atoms with E-state index in [1.54, 1.807) is 7.11 Å². The third-order valence-electron chi connectivity index (χ3n) is 2.81. The summed E-state index contributed by atoms with van der Waals surface area (Å²) in [7, 11) is 1.65. The van der Waals surface area contributed by atoms with Crippen molar-refractivity contribution in [1.82, 2.24) is 0 Å². The van der Waals surface area contributed by atoms with Crippen molar-refractivity contribution in [3.63, 3.8) is 0 Å². The minimum Gasteiger partial charge on any atom is -0.496 e. The first-order chi connectivity index (χ1) is 7.72. The van der Waals surface area contributed by atoms with Crippen molar-refractivity contribution in [1.29, 1.82) is 0 Å². The molecule has 3 nitrogen and oxygen atoms in total. The van der Waals surface area contributed by atoms with Gasteiger partial charge < -0.3 is 14.2 Å². The molecule has 1 heterocycles. The maximum Gasteiger partial charge on any atom is 0.194 e. The fraction of sp³-hybridized carbons (Fsp3) is 0.500. The maximum absolute atomic E-state index is 5.72. The minimum absolute atomic E-state index is 0.575. The summed E-state index contributed by atoms with van der Waals surface area (Å²) in [5, 5.41) is 0. The minimum atomic E-state index is -0.575. The normalized spacial score (nSPS) is 18.7. The van der Waals surface area contributed by atoms with Gasteiger partial charge in [0.2, 0.25) is 0 Å². The fourth-order valence-electron chi connectivity index (χ4n) is 1.93. The molecule has 0 unspecified atom stereocenters. The molecule has 1 fully saturated rings. The molecule has 16 heavy (non-hydrogen) atoms. The van der Waals surface area contributed by atoms with Crippen LogP contribution in [0.25, 0.3) is 0 Å². The lowest BCUT2D eigenvalue weighted by Crippen LogP contribution is -2.25. The highest BCUT2D eigenvalue weighted by Gasteiger charge is 2.36.